The van der Waals surface area contributed by atoms with Gasteiger partial charge in [-0.2, -0.15) is 0 Å². The van der Waals surface area contributed by atoms with Gasteiger partial charge in [0.1, 0.15) is 11.5 Å². The normalized spacial score (nSPS) is 16.4. The van der Waals surface area contributed by atoms with Crippen molar-refractivity contribution in [3.05, 3.63) is 23.8 Å². The second-order valence-electron chi connectivity index (χ2n) is 7.23. The van der Waals surface area contributed by atoms with Gasteiger partial charge in [-0.05, 0) is 30.5 Å². The molecule has 0 saturated carbocycles. The summed E-state index contributed by atoms with van der Waals surface area (Å²) in [5.74, 6) is 2.31. The first-order chi connectivity index (χ1) is 13.0. The van der Waals surface area contributed by atoms with Crippen molar-refractivity contribution in [2.75, 3.05) is 47.0 Å². The first-order valence-electron chi connectivity index (χ1n) is 9.65. The van der Waals surface area contributed by atoms with Gasteiger partial charge < -0.3 is 25.2 Å². The van der Waals surface area contributed by atoms with Gasteiger partial charge in [0.15, 0.2) is 5.96 Å². The van der Waals surface area contributed by atoms with E-state index >= 15 is 0 Å². The van der Waals surface area contributed by atoms with Crippen LogP contribution < -0.4 is 15.4 Å². The number of halogens is 1. The van der Waals surface area contributed by atoms with Crippen molar-refractivity contribution in [3.8, 4) is 11.5 Å². The van der Waals surface area contributed by atoms with Gasteiger partial charge in [-0.15, -0.1) is 24.0 Å². The molecule has 0 radical (unpaired) electrons. The van der Waals surface area contributed by atoms with Crippen molar-refractivity contribution in [3.63, 3.8) is 0 Å². The highest BCUT2D eigenvalue weighted by Gasteiger charge is 2.22. The fourth-order valence-electron chi connectivity index (χ4n) is 3.29. The van der Waals surface area contributed by atoms with Crippen LogP contribution in [0.2, 0.25) is 0 Å². The number of nitrogens with zero attached hydrogens (tertiary/aromatic N) is 2. The number of phenols is 1. The SMILES string of the molecule is CN=C(NCc1cc(OC)ccc1O)NCC(CC(C)C)N1CCOCC1.I. The van der Waals surface area contributed by atoms with Gasteiger partial charge in [0.2, 0.25) is 0 Å². The molecule has 3 N–H and O–H groups in total. The Hall–Kier alpha value is -1.26. The van der Waals surface area contributed by atoms with E-state index in [0.29, 0.717) is 18.5 Å². The summed E-state index contributed by atoms with van der Waals surface area (Å²) in [7, 11) is 3.37. The van der Waals surface area contributed by atoms with Crippen LogP contribution in [0.15, 0.2) is 23.2 Å². The minimum Gasteiger partial charge on any atom is -0.508 e. The van der Waals surface area contributed by atoms with E-state index in [2.05, 4.69) is 34.4 Å². The van der Waals surface area contributed by atoms with Crippen LogP contribution in [0.4, 0.5) is 0 Å². The molecule has 1 aliphatic rings. The van der Waals surface area contributed by atoms with Gasteiger partial charge in [0.25, 0.3) is 0 Å². The highest BCUT2D eigenvalue weighted by Crippen LogP contribution is 2.22. The van der Waals surface area contributed by atoms with Gasteiger partial charge >= 0.3 is 0 Å². The zero-order chi connectivity index (χ0) is 19.6. The Bertz CT molecular complexity index is 607. The number of rotatable bonds is 8. The Morgan fingerprint density at radius 2 is 2.00 bits per heavy atom. The Labute approximate surface area is 185 Å². The van der Waals surface area contributed by atoms with E-state index in [1.165, 1.54) is 0 Å². The lowest BCUT2D eigenvalue weighted by Gasteiger charge is -2.35. The van der Waals surface area contributed by atoms with Crippen LogP contribution in [0.3, 0.4) is 0 Å². The number of phenolic OH excluding ortho intramolecular Hbond substituents is 1. The Kier molecular flexibility index (Phi) is 11.6. The molecule has 0 aromatic heterocycles. The minimum atomic E-state index is 0. The second-order valence-corrected chi connectivity index (χ2v) is 7.23. The molecule has 1 unspecified atom stereocenters. The van der Waals surface area contributed by atoms with Crippen LogP contribution in [-0.4, -0.2) is 69.0 Å². The number of hydrogen-bond acceptors (Lipinski definition) is 5. The topological polar surface area (TPSA) is 78.4 Å². The van der Waals surface area contributed by atoms with Crippen molar-refractivity contribution >= 4 is 29.9 Å². The van der Waals surface area contributed by atoms with Gasteiger partial charge in [0.05, 0.1) is 20.3 Å². The third-order valence-corrected chi connectivity index (χ3v) is 4.77. The van der Waals surface area contributed by atoms with Crippen molar-refractivity contribution in [1.29, 1.82) is 0 Å². The largest absolute Gasteiger partial charge is 0.508 e. The summed E-state index contributed by atoms with van der Waals surface area (Å²) >= 11 is 0. The monoisotopic (exact) mass is 506 g/mol. The van der Waals surface area contributed by atoms with Crippen LogP contribution in [0.5, 0.6) is 11.5 Å². The van der Waals surface area contributed by atoms with Gasteiger partial charge in [-0.3, -0.25) is 9.89 Å². The number of morpholine rings is 1. The van der Waals surface area contributed by atoms with Crippen molar-refractivity contribution in [1.82, 2.24) is 15.5 Å². The smallest absolute Gasteiger partial charge is 0.191 e. The van der Waals surface area contributed by atoms with Crippen molar-refractivity contribution < 1.29 is 14.6 Å². The summed E-state index contributed by atoms with van der Waals surface area (Å²) in [5, 5.41) is 16.7. The second kappa shape index (κ2) is 13.1. The molecular weight excluding hydrogens is 471 g/mol. The molecule has 160 valence electrons. The molecule has 1 saturated heterocycles. The highest BCUT2D eigenvalue weighted by molar-refractivity contribution is 14.0. The minimum absolute atomic E-state index is 0. The van der Waals surface area contributed by atoms with E-state index in [-0.39, 0.29) is 29.7 Å². The van der Waals surface area contributed by atoms with Gasteiger partial charge in [-0.1, -0.05) is 13.8 Å². The lowest BCUT2D eigenvalue weighted by Crippen LogP contribution is -2.50. The first kappa shape index (κ1) is 24.8. The maximum Gasteiger partial charge on any atom is 0.191 e. The van der Waals surface area contributed by atoms with E-state index < -0.39 is 0 Å². The van der Waals surface area contributed by atoms with E-state index in [4.69, 9.17) is 9.47 Å². The van der Waals surface area contributed by atoms with Crippen molar-refractivity contribution in [2.24, 2.45) is 10.9 Å². The molecule has 2 rings (SSSR count). The summed E-state index contributed by atoms with van der Waals surface area (Å²) in [6, 6.07) is 5.65. The molecule has 8 heteroatoms. The summed E-state index contributed by atoms with van der Waals surface area (Å²) in [6.45, 7) is 9.36. The van der Waals surface area contributed by atoms with Crippen LogP contribution in [0, 0.1) is 5.92 Å². The highest BCUT2D eigenvalue weighted by atomic mass is 127. The average molecular weight is 506 g/mol. The number of guanidine groups is 1. The fourth-order valence-corrected chi connectivity index (χ4v) is 3.29. The van der Waals surface area contributed by atoms with Crippen LogP contribution in [0.25, 0.3) is 0 Å². The van der Waals surface area contributed by atoms with Crippen LogP contribution in [0.1, 0.15) is 25.8 Å². The van der Waals surface area contributed by atoms with Crippen LogP contribution in [-0.2, 0) is 11.3 Å². The van der Waals surface area contributed by atoms with Crippen LogP contribution >= 0.6 is 24.0 Å². The molecule has 0 aliphatic carbocycles. The molecule has 1 atom stereocenters. The summed E-state index contributed by atoms with van der Waals surface area (Å²) in [4.78, 5) is 6.81. The number of methoxy groups -OCH3 is 1. The Balaban J connectivity index is 0.00000392. The van der Waals surface area contributed by atoms with Gasteiger partial charge in [0, 0.05) is 44.8 Å². The number of aromatic hydroxyl groups is 1. The third kappa shape index (κ3) is 8.00. The standard InChI is InChI=1S/C20H34N4O3.HI/c1-15(2)11-17(24-7-9-27-10-8-24)14-23-20(21-3)22-13-16-12-18(26-4)5-6-19(16)25;/h5-6,12,15,17,25H,7-11,13-14H2,1-4H3,(H2,21,22,23);1H. The average Bonchev–Trinajstić information content (AvgIpc) is 2.68. The number of aliphatic imine (C=N–C) groups is 1. The summed E-state index contributed by atoms with van der Waals surface area (Å²) in [6.07, 6.45) is 1.13. The van der Waals surface area contributed by atoms with Crippen molar-refractivity contribution in [2.45, 2.75) is 32.9 Å². The molecule has 1 heterocycles. The van der Waals surface area contributed by atoms with E-state index in [1.807, 2.05) is 6.07 Å². The number of ether oxygens (including phenoxy) is 2. The molecule has 0 spiro atoms. The maximum absolute atomic E-state index is 10.0. The zero-order valence-electron chi connectivity index (χ0n) is 17.4. The van der Waals surface area contributed by atoms with E-state index in [9.17, 15) is 5.11 Å². The maximum atomic E-state index is 10.0. The molecule has 7 nitrogen and oxygen atoms in total. The zero-order valence-corrected chi connectivity index (χ0v) is 19.7. The molecule has 28 heavy (non-hydrogen) atoms. The molecular formula is C20H35IN4O3. The number of benzene rings is 1. The predicted molar refractivity (Wildman–Crippen MR) is 124 cm³/mol. The summed E-state index contributed by atoms with van der Waals surface area (Å²) in [5.41, 5.74) is 0.768. The van der Waals surface area contributed by atoms with E-state index in [1.54, 1.807) is 26.3 Å². The van der Waals surface area contributed by atoms with E-state index in [0.717, 1.165) is 56.5 Å². The molecule has 1 aromatic rings. The summed E-state index contributed by atoms with van der Waals surface area (Å²) < 4.78 is 10.7. The molecule has 1 fully saturated rings. The number of hydrogen-bond donors (Lipinski definition) is 3. The molecule has 0 bridgehead atoms. The third-order valence-electron chi connectivity index (χ3n) is 4.77. The Morgan fingerprint density at radius 3 is 2.61 bits per heavy atom. The number of nitrogens with one attached hydrogen (secondary N) is 2. The van der Waals surface area contributed by atoms with Gasteiger partial charge in [-0.25, -0.2) is 0 Å². The predicted octanol–water partition coefficient (Wildman–Crippen LogP) is 2.43. The lowest BCUT2D eigenvalue weighted by molar-refractivity contribution is 0.0132. The lowest BCUT2D eigenvalue weighted by atomic mass is 10.0. The quantitative estimate of drug-likeness (QED) is 0.286. The fraction of sp³-hybridized carbons (Fsp3) is 0.650. The molecule has 1 aromatic carbocycles. The first-order valence-corrected chi connectivity index (χ1v) is 9.65. The molecule has 0 amide bonds. The molecule has 1 aliphatic heterocycles. The Morgan fingerprint density at radius 1 is 1.29 bits per heavy atom.